The Bertz CT molecular complexity index is 1450. The van der Waals surface area contributed by atoms with Crippen LogP contribution in [0, 0.1) is 17.5 Å². The molecular formula is C27H25F3N4O2. The molecule has 0 saturated heterocycles. The molecule has 0 aliphatic carbocycles. The zero-order chi connectivity index (χ0) is 25.8. The lowest BCUT2D eigenvalue weighted by Gasteiger charge is -2.18. The summed E-state index contributed by atoms with van der Waals surface area (Å²) in [5.74, 6) is -4.05. The second-order valence-corrected chi connectivity index (χ2v) is 8.14. The molecule has 186 valence electrons. The first-order valence-corrected chi connectivity index (χ1v) is 11.5. The van der Waals surface area contributed by atoms with Gasteiger partial charge in [0.15, 0.2) is 17.5 Å². The molecule has 0 bridgehead atoms. The van der Waals surface area contributed by atoms with Crippen molar-refractivity contribution in [2.75, 3.05) is 12.4 Å². The summed E-state index contributed by atoms with van der Waals surface area (Å²) in [4.78, 5) is 21.0. The summed E-state index contributed by atoms with van der Waals surface area (Å²) < 4.78 is 47.7. The predicted molar refractivity (Wildman–Crippen MR) is 132 cm³/mol. The molecule has 1 N–H and O–H groups in total. The van der Waals surface area contributed by atoms with Gasteiger partial charge in [-0.05, 0) is 53.8 Å². The predicted octanol–water partition coefficient (Wildman–Crippen LogP) is 5.65. The van der Waals surface area contributed by atoms with Gasteiger partial charge in [-0.1, -0.05) is 32.0 Å². The zero-order valence-electron chi connectivity index (χ0n) is 20.1. The third-order valence-corrected chi connectivity index (χ3v) is 5.85. The topological polar surface area (TPSA) is 69.0 Å². The number of halogens is 3. The Kier molecular flexibility index (Phi) is 7.38. The number of rotatable bonds is 8. The first-order valence-electron chi connectivity index (χ1n) is 11.5. The number of ether oxygens (including phenoxy) is 1. The van der Waals surface area contributed by atoms with Crippen molar-refractivity contribution < 1.29 is 17.9 Å². The fraction of sp³-hybridized carbons (Fsp3) is 0.222. The fourth-order valence-electron chi connectivity index (χ4n) is 4.00. The number of pyridine rings is 1. The number of hydrogen-bond acceptors (Lipinski definition) is 5. The van der Waals surface area contributed by atoms with Gasteiger partial charge in [0.2, 0.25) is 11.7 Å². The highest BCUT2D eigenvalue weighted by Crippen LogP contribution is 2.30. The summed E-state index contributed by atoms with van der Waals surface area (Å²) in [7, 11) is 1.32. The average Bonchev–Trinajstić information content (AvgIpc) is 2.88. The van der Waals surface area contributed by atoms with Crippen molar-refractivity contribution in [1.82, 2.24) is 14.5 Å². The number of anilines is 2. The molecule has 0 saturated carbocycles. The van der Waals surface area contributed by atoms with Crippen LogP contribution in [0.4, 0.5) is 24.8 Å². The summed E-state index contributed by atoms with van der Waals surface area (Å²) in [6.45, 7) is 3.94. The van der Waals surface area contributed by atoms with E-state index < -0.39 is 23.0 Å². The van der Waals surface area contributed by atoms with Crippen LogP contribution in [-0.4, -0.2) is 21.6 Å². The summed E-state index contributed by atoms with van der Waals surface area (Å²) in [6.07, 6.45) is 4.61. The molecule has 9 heteroatoms. The molecule has 2 aromatic carbocycles. The number of methoxy groups -OCH3 is 1. The van der Waals surface area contributed by atoms with Gasteiger partial charge < -0.3 is 14.6 Å². The van der Waals surface area contributed by atoms with E-state index in [0.717, 1.165) is 40.9 Å². The lowest BCUT2D eigenvalue weighted by atomic mass is 9.99. The second-order valence-electron chi connectivity index (χ2n) is 8.14. The van der Waals surface area contributed by atoms with E-state index >= 15 is 0 Å². The van der Waals surface area contributed by atoms with Crippen molar-refractivity contribution in [1.29, 1.82) is 0 Å². The molecule has 0 atom stereocenters. The fourth-order valence-corrected chi connectivity index (χ4v) is 4.00. The van der Waals surface area contributed by atoms with Crippen LogP contribution in [0.2, 0.25) is 0 Å². The molecule has 0 radical (unpaired) electrons. The number of benzene rings is 2. The van der Waals surface area contributed by atoms with Crippen LogP contribution >= 0.6 is 0 Å². The molecule has 6 nitrogen and oxygen atoms in total. The minimum Gasteiger partial charge on any atom is -0.490 e. The molecule has 0 spiro atoms. The highest BCUT2D eigenvalue weighted by molar-refractivity contribution is 5.73. The van der Waals surface area contributed by atoms with Crippen molar-refractivity contribution in [3.8, 4) is 16.9 Å². The van der Waals surface area contributed by atoms with Gasteiger partial charge in [-0.2, -0.15) is 4.98 Å². The Balaban J connectivity index is 1.79. The smallest absolute Gasteiger partial charge is 0.316 e. The maximum absolute atomic E-state index is 13.8. The third-order valence-electron chi connectivity index (χ3n) is 5.85. The van der Waals surface area contributed by atoms with E-state index in [-0.39, 0.29) is 23.8 Å². The Morgan fingerprint density at radius 1 is 1.03 bits per heavy atom. The van der Waals surface area contributed by atoms with Gasteiger partial charge >= 0.3 is 5.56 Å². The first kappa shape index (κ1) is 25.0. The van der Waals surface area contributed by atoms with Crippen LogP contribution in [0.3, 0.4) is 0 Å². The van der Waals surface area contributed by atoms with E-state index in [0.29, 0.717) is 12.1 Å². The minimum atomic E-state index is -1.54. The lowest BCUT2D eigenvalue weighted by molar-refractivity contribution is 0.402. The average molecular weight is 495 g/mol. The number of hydrogen-bond donors (Lipinski definition) is 1. The summed E-state index contributed by atoms with van der Waals surface area (Å²) in [5, 5.41) is 3.21. The molecule has 4 aromatic rings. The summed E-state index contributed by atoms with van der Waals surface area (Å²) >= 11 is 0. The Hall–Kier alpha value is -4.14. The van der Waals surface area contributed by atoms with Crippen LogP contribution in [0.5, 0.6) is 5.75 Å². The molecule has 0 aliphatic rings. The largest absolute Gasteiger partial charge is 0.490 e. The first-order chi connectivity index (χ1) is 17.3. The number of nitrogens with zero attached hydrogens (tertiary/aromatic N) is 3. The number of aryl methyl sites for hydroxylation is 2. The van der Waals surface area contributed by atoms with E-state index in [1.54, 1.807) is 6.20 Å². The van der Waals surface area contributed by atoms with Gasteiger partial charge in [-0.25, -0.2) is 13.2 Å². The van der Waals surface area contributed by atoms with Gasteiger partial charge in [0.05, 0.1) is 19.9 Å². The van der Waals surface area contributed by atoms with E-state index in [1.165, 1.54) is 17.9 Å². The van der Waals surface area contributed by atoms with Crippen molar-refractivity contribution >= 4 is 11.6 Å². The zero-order valence-corrected chi connectivity index (χ0v) is 20.1. The third kappa shape index (κ3) is 5.10. The minimum absolute atomic E-state index is 0.0454. The molecule has 4 rings (SSSR count). The summed E-state index contributed by atoms with van der Waals surface area (Å²) in [5.41, 5.74) is 4.09. The molecule has 0 amide bonds. The van der Waals surface area contributed by atoms with Crippen molar-refractivity contribution in [3.63, 3.8) is 0 Å². The number of nitrogens with one attached hydrogen (secondary N) is 1. The highest BCUT2D eigenvalue weighted by Gasteiger charge is 2.16. The molecule has 0 unspecified atom stereocenters. The Morgan fingerprint density at radius 3 is 2.44 bits per heavy atom. The van der Waals surface area contributed by atoms with E-state index in [9.17, 15) is 18.0 Å². The van der Waals surface area contributed by atoms with Gasteiger partial charge in [0.1, 0.15) is 0 Å². The lowest BCUT2D eigenvalue weighted by Crippen LogP contribution is -2.19. The van der Waals surface area contributed by atoms with E-state index in [2.05, 4.69) is 15.3 Å². The van der Waals surface area contributed by atoms with Crippen molar-refractivity contribution in [2.24, 2.45) is 0 Å². The number of aromatic nitrogens is 3. The standard InChI is InChI=1S/C27H25F3N4O2/c1-4-17-8-9-18(19-7-6-10-31-22(19)5-2)13-23(17)32-27-33-26(35)24(36-3)15-34(27)14-16-11-20(28)25(30)21(29)12-16/h6-13,15H,4-5,14H2,1-3H3,(H,32,33,35). The Labute approximate surface area is 206 Å². The van der Waals surface area contributed by atoms with Crippen molar-refractivity contribution in [3.05, 3.63) is 99.5 Å². The van der Waals surface area contributed by atoms with E-state index in [4.69, 9.17) is 4.74 Å². The second kappa shape index (κ2) is 10.6. The molecular weight excluding hydrogens is 469 g/mol. The van der Waals surface area contributed by atoms with Crippen LogP contribution in [-0.2, 0) is 19.4 Å². The van der Waals surface area contributed by atoms with Crippen LogP contribution in [0.15, 0.2) is 59.7 Å². The molecule has 36 heavy (non-hydrogen) atoms. The summed E-state index contributed by atoms with van der Waals surface area (Å²) in [6, 6.07) is 11.6. The highest BCUT2D eigenvalue weighted by atomic mass is 19.2. The quantitative estimate of drug-likeness (QED) is 0.321. The van der Waals surface area contributed by atoms with Gasteiger partial charge in [0.25, 0.3) is 0 Å². The van der Waals surface area contributed by atoms with E-state index in [1.807, 2.05) is 44.2 Å². The van der Waals surface area contributed by atoms with Crippen molar-refractivity contribution in [2.45, 2.75) is 33.2 Å². The molecule has 0 aliphatic heterocycles. The molecule has 2 aromatic heterocycles. The van der Waals surface area contributed by atoms with Crippen LogP contribution < -0.4 is 15.6 Å². The molecule has 0 fully saturated rings. The SMILES string of the molecule is CCc1ccc(-c2cccnc2CC)cc1Nc1nc(=O)c(OC)cn1Cc1cc(F)c(F)c(F)c1. The molecule has 2 heterocycles. The normalized spacial score (nSPS) is 10.9. The van der Waals surface area contributed by atoms with Gasteiger partial charge in [-0.15, -0.1) is 0 Å². The maximum atomic E-state index is 13.8. The van der Waals surface area contributed by atoms with Crippen LogP contribution in [0.1, 0.15) is 30.7 Å². The van der Waals surface area contributed by atoms with Gasteiger partial charge in [-0.3, -0.25) is 9.78 Å². The Morgan fingerprint density at radius 2 is 1.78 bits per heavy atom. The van der Waals surface area contributed by atoms with Crippen LogP contribution in [0.25, 0.3) is 11.1 Å². The van der Waals surface area contributed by atoms with Gasteiger partial charge in [0, 0.05) is 23.1 Å². The maximum Gasteiger partial charge on any atom is 0.316 e. The monoisotopic (exact) mass is 494 g/mol.